The maximum Gasteiger partial charge on any atom is 0.204 e. The largest absolute Gasteiger partial charge is 0.504 e. The maximum absolute atomic E-state index is 13.3. The molecule has 0 bridgehead atoms. The van der Waals surface area contributed by atoms with Crippen LogP contribution in [0.4, 0.5) is 17.6 Å². The summed E-state index contributed by atoms with van der Waals surface area (Å²) < 4.78 is 51.9. The highest BCUT2D eigenvalue weighted by atomic mass is 19.2. The number of aromatic hydroxyl groups is 1. The van der Waals surface area contributed by atoms with Crippen molar-refractivity contribution >= 4 is 5.78 Å². The van der Waals surface area contributed by atoms with Crippen molar-refractivity contribution < 1.29 is 27.5 Å². The highest BCUT2D eigenvalue weighted by Gasteiger charge is 2.28. The number of carbonyl (C=O) groups is 1. The summed E-state index contributed by atoms with van der Waals surface area (Å²) in [5, 5.41) is 11.7. The first-order valence-corrected chi connectivity index (χ1v) is 4.76. The van der Waals surface area contributed by atoms with Gasteiger partial charge in [-0.1, -0.05) is 0 Å². The third-order valence-electron chi connectivity index (χ3n) is 2.23. The fourth-order valence-corrected chi connectivity index (χ4v) is 1.19. The van der Waals surface area contributed by atoms with E-state index in [1.54, 1.807) is 0 Å². The molecule has 0 aromatic heterocycles. The SMILES string of the molecule is CNC(C)=CC(=O)c1c(O)c(F)c(F)c(F)c1F. The summed E-state index contributed by atoms with van der Waals surface area (Å²) in [6.07, 6.45) is 0.814. The monoisotopic (exact) mass is 263 g/mol. The number of phenols is 1. The first kappa shape index (κ1) is 14.0. The number of hydrogen-bond donors (Lipinski definition) is 2. The molecule has 1 rings (SSSR count). The molecular weight excluding hydrogens is 254 g/mol. The average molecular weight is 263 g/mol. The number of ketones is 1. The van der Waals surface area contributed by atoms with Crippen LogP contribution in [-0.4, -0.2) is 17.9 Å². The number of benzene rings is 1. The summed E-state index contributed by atoms with van der Waals surface area (Å²) in [7, 11) is 1.46. The van der Waals surface area contributed by atoms with Crippen LogP contribution in [-0.2, 0) is 0 Å². The maximum atomic E-state index is 13.3. The van der Waals surface area contributed by atoms with Gasteiger partial charge in [0.2, 0.25) is 11.6 Å². The fourth-order valence-electron chi connectivity index (χ4n) is 1.19. The van der Waals surface area contributed by atoms with Crippen molar-refractivity contribution in [3.8, 4) is 5.75 Å². The Kier molecular flexibility index (Phi) is 3.95. The molecule has 0 saturated carbocycles. The van der Waals surface area contributed by atoms with Gasteiger partial charge in [-0.05, 0) is 6.92 Å². The summed E-state index contributed by atoms with van der Waals surface area (Å²) in [6.45, 7) is 1.43. The van der Waals surface area contributed by atoms with Crippen LogP contribution in [0.2, 0.25) is 0 Å². The van der Waals surface area contributed by atoms with Gasteiger partial charge in [-0.3, -0.25) is 4.79 Å². The van der Waals surface area contributed by atoms with Gasteiger partial charge in [-0.2, -0.15) is 4.39 Å². The Labute approximate surface area is 99.7 Å². The first-order valence-electron chi connectivity index (χ1n) is 4.76. The Morgan fingerprint density at radius 2 is 1.61 bits per heavy atom. The van der Waals surface area contributed by atoms with Gasteiger partial charge in [0.25, 0.3) is 0 Å². The molecule has 0 aliphatic carbocycles. The minimum Gasteiger partial charge on any atom is -0.504 e. The number of rotatable bonds is 3. The smallest absolute Gasteiger partial charge is 0.204 e. The van der Waals surface area contributed by atoms with Gasteiger partial charge in [0.15, 0.2) is 23.2 Å². The minimum absolute atomic E-state index is 0.268. The van der Waals surface area contributed by atoms with Gasteiger partial charge in [0.05, 0.1) is 0 Å². The molecule has 0 amide bonds. The average Bonchev–Trinajstić information content (AvgIpc) is 2.34. The molecule has 3 nitrogen and oxygen atoms in total. The lowest BCUT2D eigenvalue weighted by Gasteiger charge is -2.07. The van der Waals surface area contributed by atoms with Crippen LogP contribution < -0.4 is 5.32 Å². The van der Waals surface area contributed by atoms with Crippen LogP contribution in [0.15, 0.2) is 11.8 Å². The number of halogens is 4. The van der Waals surface area contributed by atoms with E-state index in [0.717, 1.165) is 6.08 Å². The zero-order valence-corrected chi connectivity index (χ0v) is 9.44. The molecular formula is C11H9F4NO2. The van der Waals surface area contributed by atoms with E-state index in [2.05, 4.69) is 5.32 Å². The molecule has 0 saturated heterocycles. The van der Waals surface area contributed by atoms with E-state index in [9.17, 15) is 22.4 Å². The lowest BCUT2D eigenvalue weighted by atomic mass is 10.1. The molecule has 0 aliphatic heterocycles. The normalized spacial score (nSPS) is 11.6. The number of nitrogens with one attached hydrogen (secondary N) is 1. The van der Waals surface area contributed by atoms with E-state index in [1.165, 1.54) is 14.0 Å². The van der Waals surface area contributed by atoms with Crippen molar-refractivity contribution in [2.24, 2.45) is 0 Å². The Balaban J connectivity index is 3.47. The standard InChI is InChI=1S/C11H9F4NO2/c1-4(16-2)3-5(17)6-7(12)8(13)9(14)10(15)11(6)18/h3,16,18H,1-2H3. The van der Waals surface area contributed by atoms with Crippen molar-refractivity contribution in [1.29, 1.82) is 0 Å². The molecule has 7 heteroatoms. The minimum atomic E-state index is -2.17. The molecule has 0 radical (unpaired) electrons. The molecule has 0 unspecified atom stereocenters. The van der Waals surface area contributed by atoms with Crippen LogP contribution in [0, 0.1) is 23.3 Å². The number of allylic oxidation sites excluding steroid dienone is 2. The second kappa shape index (κ2) is 5.07. The second-order valence-corrected chi connectivity index (χ2v) is 3.42. The quantitative estimate of drug-likeness (QED) is 0.289. The molecule has 0 aliphatic rings. The van der Waals surface area contributed by atoms with Gasteiger partial charge in [-0.25, -0.2) is 13.2 Å². The van der Waals surface area contributed by atoms with Crippen LogP contribution in [0.3, 0.4) is 0 Å². The summed E-state index contributed by atoms with van der Waals surface area (Å²) >= 11 is 0. The summed E-state index contributed by atoms with van der Waals surface area (Å²) in [6, 6.07) is 0. The molecule has 1 aromatic rings. The Hall–Kier alpha value is -2.05. The Morgan fingerprint density at radius 3 is 2.11 bits per heavy atom. The van der Waals surface area contributed by atoms with Crippen LogP contribution >= 0.6 is 0 Å². The van der Waals surface area contributed by atoms with Crippen LogP contribution in [0.5, 0.6) is 5.75 Å². The Morgan fingerprint density at radius 1 is 1.11 bits per heavy atom. The van der Waals surface area contributed by atoms with E-state index < -0.39 is 40.4 Å². The zero-order chi connectivity index (χ0) is 14.0. The van der Waals surface area contributed by atoms with Crippen molar-refractivity contribution in [3.05, 3.63) is 40.6 Å². The fraction of sp³-hybridized carbons (Fsp3) is 0.182. The first-order chi connectivity index (χ1) is 8.31. The molecule has 0 heterocycles. The molecule has 98 valence electrons. The molecule has 0 spiro atoms. The summed E-state index contributed by atoms with van der Waals surface area (Å²) in [4.78, 5) is 11.5. The zero-order valence-electron chi connectivity index (χ0n) is 9.44. The van der Waals surface area contributed by atoms with E-state index in [4.69, 9.17) is 5.11 Å². The van der Waals surface area contributed by atoms with Crippen molar-refractivity contribution in [1.82, 2.24) is 5.32 Å². The highest BCUT2D eigenvalue weighted by Crippen LogP contribution is 2.30. The Bertz CT molecular complexity index is 511. The lowest BCUT2D eigenvalue weighted by Crippen LogP contribution is -2.10. The van der Waals surface area contributed by atoms with Crippen molar-refractivity contribution in [3.63, 3.8) is 0 Å². The molecule has 1 aromatic carbocycles. The molecule has 0 fully saturated rings. The topological polar surface area (TPSA) is 49.3 Å². The third-order valence-corrected chi connectivity index (χ3v) is 2.23. The summed E-state index contributed by atoms with van der Waals surface area (Å²) in [5.41, 5.74) is -0.982. The molecule has 0 atom stereocenters. The van der Waals surface area contributed by atoms with Crippen LogP contribution in [0.25, 0.3) is 0 Å². The summed E-state index contributed by atoms with van der Waals surface area (Å²) in [5.74, 6) is -11.0. The van der Waals surface area contributed by atoms with Gasteiger partial charge < -0.3 is 10.4 Å². The van der Waals surface area contributed by atoms with Gasteiger partial charge >= 0.3 is 0 Å². The van der Waals surface area contributed by atoms with Crippen LogP contribution in [0.1, 0.15) is 17.3 Å². The highest BCUT2D eigenvalue weighted by molar-refractivity contribution is 6.07. The van der Waals surface area contributed by atoms with Gasteiger partial charge in [0, 0.05) is 18.8 Å². The lowest BCUT2D eigenvalue weighted by molar-refractivity contribution is 0.103. The second-order valence-electron chi connectivity index (χ2n) is 3.42. The number of phenolic OH excluding ortho intramolecular Hbond substituents is 1. The van der Waals surface area contributed by atoms with Gasteiger partial charge in [0.1, 0.15) is 5.56 Å². The van der Waals surface area contributed by atoms with E-state index in [1.807, 2.05) is 0 Å². The van der Waals surface area contributed by atoms with E-state index >= 15 is 0 Å². The van der Waals surface area contributed by atoms with Crippen molar-refractivity contribution in [2.75, 3.05) is 7.05 Å². The predicted molar refractivity (Wildman–Crippen MR) is 55.1 cm³/mol. The number of hydrogen-bond acceptors (Lipinski definition) is 3. The number of carbonyl (C=O) groups excluding carboxylic acids is 1. The van der Waals surface area contributed by atoms with E-state index in [-0.39, 0.29) is 5.70 Å². The predicted octanol–water partition coefficient (Wildman–Crippen LogP) is 2.25. The molecule has 2 N–H and O–H groups in total. The molecule has 18 heavy (non-hydrogen) atoms. The van der Waals surface area contributed by atoms with Crippen molar-refractivity contribution in [2.45, 2.75) is 6.92 Å². The van der Waals surface area contributed by atoms with Gasteiger partial charge in [-0.15, -0.1) is 0 Å². The van der Waals surface area contributed by atoms with E-state index in [0.29, 0.717) is 0 Å². The third kappa shape index (κ3) is 2.29.